The second-order valence-electron chi connectivity index (χ2n) is 4.01. The zero-order valence-corrected chi connectivity index (χ0v) is 8.91. The second-order valence-corrected chi connectivity index (χ2v) is 4.01. The van der Waals surface area contributed by atoms with Gasteiger partial charge >= 0.3 is 0 Å². The lowest BCUT2D eigenvalue weighted by Gasteiger charge is -2.47. The molecule has 0 spiro atoms. The summed E-state index contributed by atoms with van der Waals surface area (Å²) in [5, 5.41) is 0. The fourth-order valence-corrected chi connectivity index (χ4v) is 2.18. The fourth-order valence-electron chi connectivity index (χ4n) is 2.18. The van der Waals surface area contributed by atoms with Crippen LogP contribution in [-0.4, -0.2) is 19.4 Å². The minimum Gasteiger partial charge on any atom is -0.384 e. The Hall–Kier alpha value is -0.110. The molecule has 0 unspecified atom stereocenters. The Kier molecular flexibility index (Phi) is 4.18. The van der Waals surface area contributed by atoms with Crippen molar-refractivity contribution in [2.24, 2.45) is 5.41 Å². The highest BCUT2D eigenvalue weighted by atomic mass is 19.1. The zero-order chi connectivity index (χ0) is 9.83. The summed E-state index contributed by atoms with van der Waals surface area (Å²) in [5.41, 5.74) is -0.814. The van der Waals surface area contributed by atoms with Crippen LogP contribution in [0.1, 0.15) is 40.5 Å². The Morgan fingerprint density at radius 1 is 1.25 bits per heavy atom. The topological polar surface area (TPSA) is 9.23 Å². The molecule has 0 aliphatic heterocycles. The van der Waals surface area contributed by atoms with Crippen molar-refractivity contribution < 1.29 is 9.13 Å². The largest absolute Gasteiger partial charge is 0.384 e. The van der Waals surface area contributed by atoms with Crippen LogP contribution in [0.4, 0.5) is 4.39 Å². The Balaban J connectivity index is 0.000000561. The summed E-state index contributed by atoms with van der Waals surface area (Å²) in [4.78, 5) is 0. The molecule has 1 rings (SSSR count). The molecular weight excluding hydrogens is 155 g/mol. The minimum atomic E-state index is -0.923. The maximum atomic E-state index is 13.0. The molecule has 0 atom stereocenters. The first-order valence-electron chi connectivity index (χ1n) is 4.65. The molecule has 1 saturated carbocycles. The van der Waals surface area contributed by atoms with Crippen LogP contribution in [0.2, 0.25) is 0 Å². The summed E-state index contributed by atoms with van der Waals surface area (Å²) in [5.74, 6) is 0. The molecule has 0 radical (unpaired) electrons. The van der Waals surface area contributed by atoms with Gasteiger partial charge in [-0.1, -0.05) is 20.8 Å². The third-order valence-electron chi connectivity index (χ3n) is 2.08. The first-order chi connectivity index (χ1) is 5.47. The lowest BCUT2D eigenvalue weighted by atomic mass is 9.62. The molecule has 0 heterocycles. The van der Waals surface area contributed by atoms with Crippen molar-refractivity contribution in [2.75, 3.05) is 13.7 Å². The second kappa shape index (κ2) is 4.22. The molecule has 1 nitrogen and oxygen atoms in total. The van der Waals surface area contributed by atoms with Gasteiger partial charge in [-0.05, 0) is 25.2 Å². The van der Waals surface area contributed by atoms with E-state index in [1.165, 1.54) is 0 Å². The molecule has 0 aromatic carbocycles. The summed E-state index contributed by atoms with van der Waals surface area (Å²) in [6.07, 6.45) is 1.29. The molecule has 0 bridgehead atoms. The fraction of sp³-hybridized carbons (Fsp3) is 1.00. The van der Waals surface area contributed by atoms with Gasteiger partial charge in [0.05, 0.1) is 6.61 Å². The lowest BCUT2D eigenvalue weighted by Crippen LogP contribution is -2.47. The highest BCUT2D eigenvalue weighted by molar-refractivity contribution is 4.99. The summed E-state index contributed by atoms with van der Waals surface area (Å²) < 4.78 is 17.9. The van der Waals surface area contributed by atoms with Gasteiger partial charge in [-0.15, -0.1) is 0 Å². The van der Waals surface area contributed by atoms with Crippen LogP contribution in [0, 0.1) is 5.41 Å². The van der Waals surface area contributed by atoms with E-state index < -0.39 is 5.67 Å². The Morgan fingerprint density at radius 3 is 1.92 bits per heavy atom. The maximum absolute atomic E-state index is 13.0. The van der Waals surface area contributed by atoms with E-state index in [4.69, 9.17) is 4.74 Å². The monoisotopic (exact) mass is 176 g/mol. The molecule has 74 valence electrons. The SMILES string of the molecule is CC.COCC1(C)CC(C)(F)C1. The van der Waals surface area contributed by atoms with Crippen molar-refractivity contribution in [2.45, 2.75) is 46.2 Å². The van der Waals surface area contributed by atoms with E-state index in [9.17, 15) is 4.39 Å². The van der Waals surface area contributed by atoms with Gasteiger partial charge in [0.25, 0.3) is 0 Å². The van der Waals surface area contributed by atoms with Crippen LogP contribution in [0.15, 0.2) is 0 Å². The number of ether oxygens (including phenoxy) is 1. The van der Waals surface area contributed by atoms with Crippen LogP contribution in [-0.2, 0) is 4.74 Å². The number of hydrogen-bond donors (Lipinski definition) is 0. The summed E-state index contributed by atoms with van der Waals surface area (Å²) in [6.45, 7) is 8.41. The van der Waals surface area contributed by atoms with Crippen LogP contribution in [0.25, 0.3) is 0 Å². The lowest BCUT2D eigenvalue weighted by molar-refractivity contribution is -0.0814. The van der Waals surface area contributed by atoms with Gasteiger partial charge < -0.3 is 4.74 Å². The molecule has 0 aromatic rings. The predicted molar refractivity (Wildman–Crippen MR) is 50.1 cm³/mol. The third-order valence-corrected chi connectivity index (χ3v) is 2.08. The third kappa shape index (κ3) is 3.10. The zero-order valence-electron chi connectivity index (χ0n) is 8.91. The van der Waals surface area contributed by atoms with Crippen LogP contribution in [0.3, 0.4) is 0 Å². The van der Waals surface area contributed by atoms with E-state index in [-0.39, 0.29) is 5.41 Å². The molecular formula is C10H21FO. The van der Waals surface area contributed by atoms with Crippen LogP contribution >= 0.6 is 0 Å². The van der Waals surface area contributed by atoms with Crippen molar-refractivity contribution >= 4 is 0 Å². The quantitative estimate of drug-likeness (QED) is 0.628. The summed E-state index contributed by atoms with van der Waals surface area (Å²) in [7, 11) is 1.67. The van der Waals surface area contributed by atoms with Gasteiger partial charge in [0.1, 0.15) is 5.67 Å². The molecule has 1 aliphatic rings. The number of rotatable bonds is 2. The van der Waals surface area contributed by atoms with Crippen molar-refractivity contribution in [3.05, 3.63) is 0 Å². The minimum absolute atomic E-state index is 0.109. The van der Waals surface area contributed by atoms with Crippen molar-refractivity contribution in [1.82, 2.24) is 0 Å². The molecule has 2 heteroatoms. The molecule has 0 amide bonds. The Morgan fingerprint density at radius 2 is 1.67 bits per heavy atom. The molecule has 0 aromatic heterocycles. The van der Waals surface area contributed by atoms with E-state index in [1.807, 2.05) is 13.8 Å². The van der Waals surface area contributed by atoms with Gasteiger partial charge in [0.15, 0.2) is 0 Å². The van der Waals surface area contributed by atoms with Gasteiger partial charge in [-0.2, -0.15) is 0 Å². The summed E-state index contributed by atoms with van der Waals surface area (Å²) >= 11 is 0. The van der Waals surface area contributed by atoms with E-state index >= 15 is 0 Å². The van der Waals surface area contributed by atoms with Crippen molar-refractivity contribution in [3.8, 4) is 0 Å². The van der Waals surface area contributed by atoms with Gasteiger partial charge in [0, 0.05) is 7.11 Å². The average molecular weight is 176 g/mol. The highest BCUT2D eigenvalue weighted by Gasteiger charge is 2.49. The molecule has 0 N–H and O–H groups in total. The Labute approximate surface area is 75.3 Å². The van der Waals surface area contributed by atoms with E-state index in [1.54, 1.807) is 14.0 Å². The number of halogens is 1. The number of methoxy groups -OCH3 is 1. The number of hydrogen-bond acceptors (Lipinski definition) is 1. The molecule has 12 heavy (non-hydrogen) atoms. The van der Waals surface area contributed by atoms with Crippen LogP contribution < -0.4 is 0 Å². The average Bonchev–Trinajstić information content (AvgIpc) is 1.87. The van der Waals surface area contributed by atoms with Crippen molar-refractivity contribution in [1.29, 1.82) is 0 Å². The normalized spacial score (nSPS) is 39.5. The molecule has 1 fully saturated rings. The van der Waals surface area contributed by atoms with Gasteiger partial charge in [-0.25, -0.2) is 4.39 Å². The van der Waals surface area contributed by atoms with Crippen LogP contribution in [0.5, 0.6) is 0 Å². The smallest absolute Gasteiger partial charge is 0.109 e. The van der Waals surface area contributed by atoms with Gasteiger partial charge in [0.2, 0.25) is 0 Å². The molecule has 1 aliphatic carbocycles. The number of alkyl halides is 1. The first-order valence-corrected chi connectivity index (χ1v) is 4.65. The molecule has 0 saturated heterocycles. The Bertz CT molecular complexity index is 124. The van der Waals surface area contributed by atoms with Gasteiger partial charge in [-0.3, -0.25) is 0 Å². The van der Waals surface area contributed by atoms with E-state index in [0.29, 0.717) is 19.4 Å². The van der Waals surface area contributed by atoms with Crippen molar-refractivity contribution in [3.63, 3.8) is 0 Å². The summed E-state index contributed by atoms with van der Waals surface area (Å²) in [6, 6.07) is 0. The highest BCUT2D eigenvalue weighted by Crippen LogP contribution is 2.50. The van der Waals surface area contributed by atoms with E-state index in [2.05, 4.69) is 6.92 Å². The van der Waals surface area contributed by atoms with E-state index in [0.717, 1.165) is 0 Å². The maximum Gasteiger partial charge on any atom is 0.109 e. The standard InChI is InChI=1S/C8H15FO.C2H6/c1-7(6-10-3)4-8(2,9)5-7;1-2/h4-6H2,1-3H3;1-2H3. The predicted octanol–water partition coefficient (Wildman–Crippen LogP) is 3.19. The first kappa shape index (κ1) is 11.9.